The van der Waals surface area contributed by atoms with Gasteiger partial charge in [0, 0.05) is 26.2 Å². The monoisotopic (exact) mass is 341 g/mol. The topological polar surface area (TPSA) is 58.4 Å². The molecule has 0 fully saturated rings. The van der Waals surface area contributed by atoms with Crippen LogP contribution in [0.3, 0.4) is 0 Å². The van der Waals surface area contributed by atoms with Crippen LogP contribution in [0.25, 0.3) is 0 Å². The summed E-state index contributed by atoms with van der Waals surface area (Å²) in [4.78, 5) is 13.7. The first-order valence-electron chi connectivity index (χ1n) is 10.4. The summed E-state index contributed by atoms with van der Waals surface area (Å²) in [7, 11) is 1.87. The summed E-state index contributed by atoms with van der Waals surface area (Å²) in [5.74, 6) is 0. The van der Waals surface area contributed by atoms with E-state index in [-0.39, 0.29) is 12.1 Å². The van der Waals surface area contributed by atoms with Crippen LogP contribution in [-0.4, -0.2) is 37.1 Å². The quantitative estimate of drug-likeness (QED) is 0.385. The fraction of sp³-hybridized carbons (Fsp3) is 0.950. The Labute approximate surface area is 150 Å². The summed E-state index contributed by atoms with van der Waals surface area (Å²) in [5.41, 5.74) is 5.62. The van der Waals surface area contributed by atoms with Crippen LogP contribution in [0.1, 0.15) is 97.3 Å². The Morgan fingerprint density at radius 2 is 1.33 bits per heavy atom. The first kappa shape index (κ1) is 23.2. The zero-order valence-corrected chi connectivity index (χ0v) is 16.6. The van der Waals surface area contributed by atoms with Gasteiger partial charge in [0.15, 0.2) is 0 Å². The maximum Gasteiger partial charge on any atom is 0.317 e. The highest BCUT2D eigenvalue weighted by Gasteiger charge is 2.12. The molecule has 144 valence electrons. The first-order chi connectivity index (χ1) is 11.7. The number of hydrogen-bond donors (Lipinski definition) is 2. The third kappa shape index (κ3) is 13.6. The molecule has 0 bridgehead atoms. The van der Waals surface area contributed by atoms with Gasteiger partial charge in [-0.2, -0.15) is 0 Å². The number of carbonyl (C=O) groups excluding carboxylic acids is 1. The van der Waals surface area contributed by atoms with Crippen LogP contribution < -0.4 is 11.1 Å². The third-order valence-corrected chi connectivity index (χ3v) is 4.80. The van der Waals surface area contributed by atoms with Crippen molar-refractivity contribution in [1.29, 1.82) is 0 Å². The number of unbranched alkanes of at least 4 members (excludes halogenated alkanes) is 11. The van der Waals surface area contributed by atoms with Crippen molar-refractivity contribution in [3.63, 3.8) is 0 Å². The Morgan fingerprint density at radius 1 is 0.875 bits per heavy atom. The molecule has 0 heterocycles. The molecule has 2 amide bonds. The second kappa shape index (κ2) is 17.1. The number of urea groups is 1. The molecule has 0 aromatic carbocycles. The molecule has 4 nitrogen and oxygen atoms in total. The normalized spacial score (nSPS) is 12.2. The van der Waals surface area contributed by atoms with Crippen molar-refractivity contribution in [3.8, 4) is 0 Å². The second-order valence-electron chi connectivity index (χ2n) is 7.10. The van der Waals surface area contributed by atoms with Crippen LogP contribution in [0.4, 0.5) is 4.79 Å². The van der Waals surface area contributed by atoms with Crippen molar-refractivity contribution < 1.29 is 4.79 Å². The Bertz CT molecular complexity index is 280. The van der Waals surface area contributed by atoms with Gasteiger partial charge in [0.05, 0.1) is 0 Å². The summed E-state index contributed by atoms with van der Waals surface area (Å²) >= 11 is 0. The Balaban J connectivity index is 3.38. The molecule has 4 heteroatoms. The van der Waals surface area contributed by atoms with E-state index in [1.54, 1.807) is 4.90 Å². The van der Waals surface area contributed by atoms with Gasteiger partial charge >= 0.3 is 6.03 Å². The molecule has 1 atom stereocenters. The molecular formula is C20H43N3O. The molecule has 24 heavy (non-hydrogen) atoms. The highest BCUT2D eigenvalue weighted by atomic mass is 16.2. The van der Waals surface area contributed by atoms with Crippen LogP contribution in [0.2, 0.25) is 0 Å². The minimum Gasteiger partial charge on any atom is -0.334 e. The molecule has 0 saturated carbocycles. The molecule has 0 unspecified atom stereocenters. The summed E-state index contributed by atoms with van der Waals surface area (Å²) in [6.45, 7) is 5.66. The van der Waals surface area contributed by atoms with Crippen LogP contribution >= 0.6 is 0 Å². The smallest absolute Gasteiger partial charge is 0.317 e. The average Bonchev–Trinajstić information content (AvgIpc) is 2.60. The van der Waals surface area contributed by atoms with Gasteiger partial charge in [0.1, 0.15) is 0 Å². The lowest BCUT2D eigenvalue weighted by molar-refractivity contribution is 0.203. The number of rotatable bonds is 16. The van der Waals surface area contributed by atoms with E-state index in [0.29, 0.717) is 6.54 Å². The number of hydrogen-bond acceptors (Lipinski definition) is 2. The van der Waals surface area contributed by atoms with Gasteiger partial charge < -0.3 is 16.0 Å². The number of nitrogens with two attached hydrogens (primary N) is 1. The molecular weight excluding hydrogens is 298 g/mol. The fourth-order valence-electron chi connectivity index (χ4n) is 2.90. The molecule has 0 aromatic rings. The summed E-state index contributed by atoms with van der Waals surface area (Å²) in [6.07, 6.45) is 17.0. The van der Waals surface area contributed by atoms with Crippen molar-refractivity contribution >= 4 is 6.03 Å². The van der Waals surface area contributed by atoms with E-state index in [2.05, 4.69) is 12.2 Å². The van der Waals surface area contributed by atoms with Crippen molar-refractivity contribution in [3.05, 3.63) is 0 Å². The van der Waals surface area contributed by atoms with Crippen molar-refractivity contribution in [1.82, 2.24) is 10.2 Å². The van der Waals surface area contributed by atoms with E-state index in [0.717, 1.165) is 19.4 Å². The zero-order chi connectivity index (χ0) is 18.0. The van der Waals surface area contributed by atoms with E-state index in [1.165, 1.54) is 70.6 Å². The van der Waals surface area contributed by atoms with Gasteiger partial charge in [-0.25, -0.2) is 4.79 Å². The molecule has 0 aliphatic carbocycles. The minimum atomic E-state index is 0.00960. The maximum absolute atomic E-state index is 12.0. The predicted molar refractivity (Wildman–Crippen MR) is 105 cm³/mol. The highest BCUT2D eigenvalue weighted by Crippen LogP contribution is 2.12. The van der Waals surface area contributed by atoms with E-state index in [1.807, 2.05) is 14.0 Å². The summed E-state index contributed by atoms with van der Waals surface area (Å²) < 4.78 is 0. The first-order valence-corrected chi connectivity index (χ1v) is 10.4. The van der Waals surface area contributed by atoms with Gasteiger partial charge in [-0.05, 0) is 12.8 Å². The van der Waals surface area contributed by atoms with Crippen LogP contribution in [0.5, 0.6) is 0 Å². The number of nitrogens with one attached hydrogen (secondary N) is 1. The number of nitrogens with zero attached hydrogens (tertiary/aromatic N) is 1. The SMILES string of the molecule is CCCCCCCCCCCCCCN(C)C(=O)N[C@H](CC)CN. The summed E-state index contributed by atoms with van der Waals surface area (Å²) in [5, 5.41) is 2.97. The molecule has 0 radical (unpaired) electrons. The average molecular weight is 342 g/mol. The molecule has 0 spiro atoms. The Hall–Kier alpha value is -0.770. The van der Waals surface area contributed by atoms with Crippen LogP contribution in [-0.2, 0) is 0 Å². The molecule has 0 aromatic heterocycles. The predicted octanol–water partition coefficient (Wildman–Crippen LogP) is 5.07. The minimum absolute atomic E-state index is 0.00960. The van der Waals surface area contributed by atoms with E-state index < -0.39 is 0 Å². The highest BCUT2D eigenvalue weighted by molar-refractivity contribution is 5.74. The van der Waals surface area contributed by atoms with Crippen molar-refractivity contribution in [2.24, 2.45) is 5.73 Å². The van der Waals surface area contributed by atoms with E-state index in [9.17, 15) is 4.79 Å². The third-order valence-electron chi connectivity index (χ3n) is 4.80. The number of carbonyl (C=O) groups is 1. The lowest BCUT2D eigenvalue weighted by Crippen LogP contribution is -2.46. The van der Waals surface area contributed by atoms with Gasteiger partial charge in [0.2, 0.25) is 0 Å². The van der Waals surface area contributed by atoms with Gasteiger partial charge in [-0.15, -0.1) is 0 Å². The second-order valence-corrected chi connectivity index (χ2v) is 7.10. The van der Waals surface area contributed by atoms with Crippen LogP contribution in [0.15, 0.2) is 0 Å². The fourth-order valence-corrected chi connectivity index (χ4v) is 2.90. The molecule has 3 N–H and O–H groups in total. The molecule has 0 aliphatic rings. The zero-order valence-electron chi connectivity index (χ0n) is 16.6. The van der Waals surface area contributed by atoms with Gasteiger partial charge in [-0.1, -0.05) is 84.5 Å². The molecule has 0 rings (SSSR count). The van der Waals surface area contributed by atoms with Gasteiger partial charge in [0.25, 0.3) is 0 Å². The van der Waals surface area contributed by atoms with Crippen molar-refractivity contribution in [2.45, 2.75) is 103 Å². The largest absolute Gasteiger partial charge is 0.334 e. The van der Waals surface area contributed by atoms with Crippen molar-refractivity contribution in [2.75, 3.05) is 20.1 Å². The Kier molecular flexibility index (Phi) is 16.5. The van der Waals surface area contributed by atoms with E-state index in [4.69, 9.17) is 5.73 Å². The molecule has 0 aliphatic heterocycles. The Morgan fingerprint density at radius 3 is 1.75 bits per heavy atom. The van der Waals surface area contributed by atoms with E-state index >= 15 is 0 Å². The lowest BCUT2D eigenvalue weighted by Gasteiger charge is -2.22. The van der Waals surface area contributed by atoms with Crippen LogP contribution in [0, 0.1) is 0 Å². The molecule has 0 saturated heterocycles. The number of amides is 2. The van der Waals surface area contributed by atoms with Gasteiger partial charge in [-0.3, -0.25) is 0 Å². The maximum atomic E-state index is 12.0. The lowest BCUT2D eigenvalue weighted by atomic mass is 10.1. The summed E-state index contributed by atoms with van der Waals surface area (Å²) in [6, 6.07) is 0.109. The standard InChI is InChI=1S/C20H43N3O/c1-4-6-7-8-9-10-11-12-13-14-15-16-17-23(3)20(24)22-19(5-2)18-21/h19H,4-18,21H2,1-3H3,(H,22,24)/t19-/m1/s1.